The number of hydrogen-bond donors (Lipinski definition) is 1. The molecule has 0 aliphatic rings. The largest absolute Gasteiger partial charge is 0.459 e. The smallest absolute Gasteiger partial charge is 0.291 e. The maximum absolute atomic E-state index is 11.8. The summed E-state index contributed by atoms with van der Waals surface area (Å²) in [5.74, 6) is -0.299. The van der Waals surface area contributed by atoms with Crippen LogP contribution in [0.15, 0.2) is 34.9 Å². The standard InChI is InChI=1S/C12H9ClN2O4/c1-7-5-10(15(17)18)8(13)6-9(7)14-12(16)11-3-2-4-19-11/h2-6H,1H3,(H,14,16). The second-order valence-corrected chi connectivity index (χ2v) is 4.21. The van der Waals surface area contributed by atoms with E-state index >= 15 is 0 Å². The molecule has 6 nitrogen and oxygen atoms in total. The van der Waals surface area contributed by atoms with Gasteiger partial charge in [-0.05, 0) is 30.7 Å². The predicted octanol–water partition coefficient (Wildman–Crippen LogP) is 3.40. The number of nitrogens with one attached hydrogen (secondary N) is 1. The van der Waals surface area contributed by atoms with Gasteiger partial charge in [0.15, 0.2) is 5.76 Å². The Balaban J connectivity index is 2.29. The second kappa shape index (κ2) is 5.11. The minimum absolute atomic E-state index is 0.0367. The van der Waals surface area contributed by atoms with Gasteiger partial charge >= 0.3 is 0 Å². The van der Waals surface area contributed by atoms with Crippen molar-refractivity contribution in [2.45, 2.75) is 6.92 Å². The molecule has 7 heteroatoms. The lowest BCUT2D eigenvalue weighted by molar-refractivity contribution is -0.384. The average molecular weight is 281 g/mol. The van der Waals surface area contributed by atoms with E-state index in [0.717, 1.165) is 0 Å². The normalized spacial score (nSPS) is 10.2. The van der Waals surface area contributed by atoms with Crippen LogP contribution in [0, 0.1) is 17.0 Å². The molecular weight excluding hydrogens is 272 g/mol. The minimum atomic E-state index is -0.576. The lowest BCUT2D eigenvalue weighted by Crippen LogP contribution is -2.12. The summed E-state index contributed by atoms with van der Waals surface area (Å²) < 4.78 is 4.95. The van der Waals surface area contributed by atoms with Crippen LogP contribution in [0.5, 0.6) is 0 Å². The van der Waals surface area contributed by atoms with Gasteiger partial charge in [-0.25, -0.2) is 0 Å². The molecule has 98 valence electrons. The van der Waals surface area contributed by atoms with Gasteiger partial charge in [0.1, 0.15) is 5.02 Å². The number of aryl methyl sites for hydroxylation is 1. The summed E-state index contributed by atoms with van der Waals surface area (Å²) in [7, 11) is 0. The molecule has 0 fully saturated rings. The van der Waals surface area contributed by atoms with Crippen LogP contribution < -0.4 is 5.32 Å². The monoisotopic (exact) mass is 280 g/mol. The van der Waals surface area contributed by atoms with E-state index in [0.29, 0.717) is 11.3 Å². The van der Waals surface area contributed by atoms with E-state index in [1.165, 1.54) is 24.5 Å². The predicted molar refractivity (Wildman–Crippen MR) is 69.5 cm³/mol. The second-order valence-electron chi connectivity index (χ2n) is 3.81. The molecule has 0 aliphatic heterocycles. The van der Waals surface area contributed by atoms with Crippen molar-refractivity contribution in [3.63, 3.8) is 0 Å². The zero-order valence-electron chi connectivity index (χ0n) is 9.84. The topological polar surface area (TPSA) is 85.4 Å². The Labute approximate surface area is 113 Å². The molecule has 1 aromatic carbocycles. The van der Waals surface area contributed by atoms with Crippen LogP contribution in [0.1, 0.15) is 16.1 Å². The number of nitrogens with zero attached hydrogens (tertiary/aromatic N) is 1. The van der Waals surface area contributed by atoms with Gasteiger partial charge in [-0.3, -0.25) is 14.9 Å². The third-order valence-electron chi connectivity index (χ3n) is 2.48. The zero-order valence-corrected chi connectivity index (χ0v) is 10.6. The number of rotatable bonds is 3. The molecular formula is C12H9ClN2O4. The lowest BCUT2D eigenvalue weighted by atomic mass is 10.1. The number of carbonyl (C=O) groups is 1. The molecule has 0 atom stereocenters. The van der Waals surface area contributed by atoms with E-state index in [4.69, 9.17) is 16.0 Å². The van der Waals surface area contributed by atoms with E-state index in [-0.39, 0.29) is 16.5 Å². The summed E-state index contributed by atoms with van der Waals surface area (Å²) in [5, 5.41) is 13.3. The number of nitro benzene ring substituents is 1. The van der Waals surface area contributed by atoms with E-state index in [2.05, 4.69) is 5.32 Å². The Hall–Kier alpha value is -2.34. The van der Waals surface area contributed by atoms with Gasteiger partial charge in [0, 0.05) is 11.8 Å². The van der Waals surface area contributed by atoms with Crippen LogP contribution in [0.4, 0.5) is 11.4 Å². The minimum Gasteiger partial charge on any atom is -0.459 e. The first-order valence-electron chi connectivity index (χ1n) is 5.28. The molecule has 1 amide bonds. The molecule has 0 saturated carbocycles. The van der Waals surface area contributed by atoms with E-state index in [9.17, 15) is 14.9 Å². The van der Waals surface area contributed by atoms with Crippen LogP contribution >= 0.6 is 11.6 Å². The highest BCUT2D eigenvalue weighted by Crippen LogP contribution is 2.30. The van der Waals surface area contributed by atoms with Gasteiger partial charge in [-0.2, -0.15) is 0 Å². The highest BCUT2D eigenvalue weighted by Gasteiger charge is 2.17. The number of carbonyl (C=O) groups excluding carboxylic acids is 1. The van der Waals surface area contributed by atoms with Gasteiger partial charge < -0.3 is 9.73 Å². The molecule has 0 unspecified atom stereocenters. The van der Waals surface area contributed by atoms with Crippen LogP contribution in [0.25, 0.3) is 0 Å². The number of furan rings is 1. The molecule has 0 radical (unpaired) electrons. The Kier molecular flexibility index (Phi) is 3.52. The summed E-state index contributed by atoms with van der Waals surface area (Å²) >= 11 is 5.79. The summed E-state index contributed by atoms with van der Waals surface area (Å²) in [6, 6.07) is 5.75. The van der Waals surface area contributed by atoms with Crippen molar-refractivity contribution in [3.05, 3.63) is 57.0 Å². The number of halogens is 1. The molecule has 0 aliphatic carbocycles. The van der Waals surface area contributed by atoms with Gasteiger partial charge in [0.25, 0.3) is 11.6 Å². The van der Waals surface area contributed by atoms with Crippen molar-refractivity contribution >= 4 is 28.9 Å². The van der Waals surface area contributed by atoms with Crippen molar-refractivity contribution in [2.75, 3.05) is 5.32 Å². The first-order chi connectivity index (χ1) is 8.99. The molecule has 2 rings (SSSR count). The number of benzene rings is 1. The fourth-order valence-electron chi connectivity index (χ4n) is 1.53. The lowest BCUT2D eigenvalue weighted by Gasteiger charge is -2.07. The van der Waals surface area contributed by atoms with E-state index in [1.54, 1.807) is 13.0 Å². The number of hydrogen-bond acceptors (Lipinski definition) is 4. The summed E-state index contributed by atoms with van der Waals surface area (Å²) in [5.41, 5.74) is 0.739. The fourth-order valence-corrected chi connectivity index (χ4v) is 1.77. The molecule has 0 bridgehead atoms. The SMILES string of the molecule is Cc1cc([N+](=O)[O-])c(Cl)cc1NC(=O)c1ccco1. The van der Waals surface area contributed by atoms with Crippen molar-refractivity contribution < 1.29 is 14.1 Å². The van der Waals surface area contributed by atoms with Gasteiger partial charge in [0.2, 0.25) is 0 Å². The van der Waals surface area contributed by atoms with Crippen molar-refractivity contribution in [2.24, 2.45) is 0 Å². The molecule has 0 saturated heterocycles. The highest BCUT2D eigenvalue weighted by atomic mass is 35.5. The Morgan fingerprint density at radius 1 is 1.47 bits per heavy atom. The number of anilines is 1. The Bertz CT molecular complexity index is 637. The highest BCUT2D eigenvalue weighted by molar-refractivity contribution is 6.33. The molecule has 1 heterocycles. The molecule has 2 aromatic rings. The number of amides is 1. The van der Waals surface area contributed by atoms with Crippen LogP contribution in [-0.4, -0.2) is 10.8 Å². The molecule has 1 N–H and O–H groups in total. The van der Waals surface area contributed by atoms with Crippen molar-refractivity contribution in [1.29, 1.82) is 0 Å². The zero-order chi connectivity index (χ0) is 14.0. The van der Waals surface area contributed by atoms with E-state index in [1.807, 2.05) is 0 Å². The van der Waals surface area contributed by atoms with Gasteiger partial charge in [-0.15, -0.1) is 0 Å². The van der Waals surface area contributed by atoms with Crippen LogP contribution in [0.3, 0.4) is 0 Å². The quantitative estimate of drug-likeness (QED) is 0.689. The van der Waals surface area contributed by atoms with Gasteiger partial charge in [0.05, 0.1) is 11.2 Å². The van der Waals surface area contributed by atoms with Crippen molar-refractivity contribution in [1.82, 2.24) is 0 Å². The van der Waals surface area contributed by atoms with Crippen LogP contribution in [-0.2, 0) is 0 Å². The third-order valence-corrected chi connectivity index (χ3v) is 2.79. The maximum atomic E-state index is 11.8. The molecule has 1 aromatic heterocycles. The molecule has 19 heavy (non-hydrogen) atoms. The summed E-state index contributed by atoms with van der Waals surface area (Å²) in [6.07, 6.45) is 1.38. The Morgan fingerprint density at radius 3 is 2.79 bits per heavy atom. The number of nitro groups is 1. The Morgan fingerprint density at radius 2 is 2.21 bits per heavy atom. The van der Waals surface area contributed by atoms with Crippen molar-refractivity contribution in [3.8, 4) is 0 Å². The van der Waals surface area contributed by atoms with E-state index < -0.39 is 10.8 Å². The molecule has 0 spiro atoms. The summed E-state index contributed by atoms with van der Waals surface area (Å²) in [6.45, 7) is 1.64. The maximum Gasteiger partial charge on any atom is 0.291 e. The van der Waals surface area contributed by atoms with Crippen LogP contribution in [0.2, 0.25) is 5.02 Å². The first-order valence-corrected chi connectivity index (χ1v) is 5.66. The first kappa shape index (κ1) is 13.1. The average Bonchev–Trinajstić information content (AvgIpc) is 2.86. The fraction of sp³-hybridized carbons (Fsp3) is 0.0833. The van der Waals surface area contributed by atoms with Gasteiger partial charge in [-0.1, -0.05) is 11.6 Å². The third kappa shape index (κ3) is 2.74. The summed E-state index contributed by atoms with van der Waals surface area (Å²) in [4.78, 5) is 21.9.